The predicted molar refractivity (Wildman–Crippen MR) is 68.6 cm³/mol. The van der Waals surface area contributed by atoms with Gasteiger partial charge in [0.2, 0.25) is 0 Å². The van der Waals surface area contributed by atoms with E-state index in [0.717, 1.165) is 23.3 Å². The normalized spacial score (nSPS) is 18.7. The molecule has 17 heavy (non-hydrogen) atoms. The summed E-state index contributed by atoms with van der Waals surface area (Å²) in [7, 11) is 0. The number of benzene rings is 1. The Morgan fingerprint density at radius 1 is 1.41 bits per heavy atom. The fourth-order valence-electron chi connectivity index (χ4n) is 2.18. The standard InChI is InChI=1S/C15H20O2/c1-10-7-12-8-11(5-6-14(12)17-10)13(16)9-15(2,3)4/h5-6,8,10H,7,9H2,1-4H3. The van der Waals surface area contributed by atoms with Crippen LogP contribution in [0.2, 0.25) is 0 Å². The van der Waals surface area contributed by atoms with Gasteiger partial charge in [-0.05, 0) is 36.1 Å². The lowest BCUT2D eigenvalue weighted by atomic mass is 9.87. The van der Waals surface area contributed by atoms with Crippen molar-refractivity contribution >= 4 is 5.78 Å². The van der Waals surface area contributed by atoms with Crippen LogP contribution in [-0.2, 0) is 6.42 Å². The summed E-state index contributed by atoms with van der Waals surface area (Å²) in [5, 5.41) is 0. The molecule has 0 amide bonds. The number of hydrogen-bond acceptors (Lipinski definition) is 2. The summed E-state index contributed by atoms with van der Waals surface area (Å²) in [6.45, 7) is 8.31. The molecule has 0 aromatic heterocycles. The summed E-state index contributed by atoms with van der Waals surface area (Å²) in [5.41, 5.74) is 2.02. The van der Waals surface area contributed by atoms with E-state index in [2.05, 4.69) is 27.7 Å². The molecule has 0 spiro atoms. The molecule has 2 nitrogen and oxygen atoms in total. The zero-order chi connectivity index (χ0) is 12.6. The maximum Gasteiger partial charge on any atom is 0.163 e. The Hall–Kier alpha value is -1.31. The first-order valence-corrected chi connectivity index (χ1v) is 6.18. The molecular weight excluding hydrogens is 212 g/mol. The van der Waals surface area contributed by atoms with E-state index in [9.17, 15) is 4.79 Å². The molecule has 1 unspecified atom stereocenters. The van der Waals surface area contributed by atoms with Gasteiger partial charge in [0.1, 0.15) is 11.9 Å². The van der Waals surface area contributed by atoms with Crippen molar-refractivity contribution in [1.29, 1.82) is 0 Å². The topological polar surface area (TPSA) is 26.3 Å². The van der Waals surface area contributed by atoms with Crippen molar-refractivity contribution in [1.82, 2.24) is 0 Å². The highest BCUT2D eigenvalue weighted by Gasteiger charge is 2.22. The third kappa shape index (κ3) is 2.87. The van der Waals surface area contributed by atoms with Gasteiger partial charge in [0.05, 0.1) is 0 Å². The van der Waals surface area contributed by atoms with Crippen LogP contribution in [0.1, 0.15) is 50.0 Å². The second-order valence-electron chi connectivity index (χ2n) is 6.12. The second kappa shape index (κ2) is 4.17. The number of carbonyl (C=O) groups is 1. The maximum atomic E-state index is 12.1. The smallest absolute Gasteiger partial charge is 0.163 e. The lowest BCUT2D eigenvalue weighted by Gasteiger charge is -2.16. The molecule has 0 saturated carbocycles. The lowest BCUT2D eigenvalue weighted by Crippen LogP contribution is -2.13. The van der Waals surface area contributed by atoms with E-state index in [1.54, 1.807) is 0 Å². The van der Waals surface area contributed by atoms with Crippen LogP contribution < -0.4 is 4.74 Å². The number of fused-ring (bicyclic) bond motifs is 1. The van der Waals surface area contributed by atoms with Crippen molar-refractivity contribution in [2.75, 3.05) is 0 Å². The van der Waals surface area contributed by atoms with Crippen LogP contribution in [0.5, 0.6) is 5.75 Å². The molecule has 1 aliphatic heterocycles. The van der Waals surface area contributed by atoms with E-state index in [1.807, 2.05) is 18.2 Å². The van der Waals surface area contributed by atoms with Crippen LogP contribution in [0.3, 0.4) is 0 Å². The zero-order valence-electron chi connectivity index (χ0n) is 11.0. The Kier molecular flexibility index (Phi) is 2.98. The Balaban J connectivity index is 2.19. The minimum atomic E-state index is 0.0416. The van der Waals surface area contributed by atoms with E-state index >= 15 is 0 Å². The Labute approximate surface area is 103 Å². The van der Waals surface area contributed by atoms with Crippen LogP contribution in [-0.4, -0.2) is 11.9 Å². The molecule has 0 N–H and O–H groups in total. The van der Waals surface area contributed by atoms with Crippen LogP contribution in [0.4, 0.5) is 0 Å². The number of hydrogen-bond donors (Lipinski definition) is 0. The van der Waals surface area contributed by atoms with E-state index in [0.29, 0.717) is 6.42 Å². The summed E-state index contributed by atoms with van der Waals surface area (Å²) < 4.78 is 5.63. The zero-order valence-corrected chi connectivity index (χ0v) is 11.0. The first-order valence-electron chi connectivity index (χ1n) is 6.18. The minimum Gasteiger partial charge on any atom is -0.490 e. The van der Waals surface area contributed by atoms with E-state index in [1.165, 1.54) is 0 Å². The van der Waals surface area contributed by atoms with E-state index in [-0.39, 0.29) is 17.3 Å². The highest BCUT2D eigenvalue weighted by molar-refractivity contribution is 5.96. The first kappa shape index (κ1) is 12.2. The molecule has 1 atom stereocenters. The van der Waals surface area contributed by atoms with Crippen molar-refractivity contribution < 1.29 is 9.53 Å². The van der Waals surface area contributed by atoms with Crippen LogP contribution >= 0.6 is 0 Å². The van der Waals surface area contributed by atoms with Gasteiger partial charge in [0.25, 0.3) is 0 Å². The van der Waals surface area contributed by atoms with Crippen molar-refractivity contribution in [2.24, 2.45) is 5.41 Å². The quantitative estimate of drug-likeness (QED) is 0.728. The summed E-state index contributed by atoms with van der Waals surface area (Å²) in [5.74, 6) is 1.16. The molecule has 1 aliphatic rings. The third-order valence-electron chi connectivity index (χ3n) is 2.91. The maximum absolute atomic E-state index is 12.1. The highest BCUT2D eigenvalue weighted by atomic mass is 16.5. The SMILES string of the molecule is CC1Cc2cc(C(=O)CC(C)(C)C)ccc2O1. The van der Waals surface area contributed by atoms with Gasteiger partial charge in [-0.1, -0.05) is 20.8 Å². The van der Waals surface area contributed by atoms with Crippen molar-refractivity contribution in [3.8, 4) is 5.75 Å². The fourth-order valence-corrected chi connectivity index (χ4v) is 2.18. The average molecular weight is 232 g/mol. The molecule has 1 heterocycles. The minimum absolute atomic E-state index is 0.0416. The second-order valence-corrected chi connectivity index (χ2v) is 6.12. The number of ether oxygens (including phenoxy) is 1. The van der Waals surface area contributed by atoms with Gasteiger partial charge in [-0.15, -0.1) is 0 Å². The summed E-state index contributed by atoms with van der Waals surface area (Å²) in [6, 6.07) is 5.80. The number of rotatable bonds is 2. The molecule has 1 aromatic carbocycles. The van der Waals surface area contributed by atoms with Crippen molar-refractivity contribution in [3.05, 3.63) is 29.3 Å². The van der Waals surface area contributed by atoms with Crippen molar-refractivity contribution in [3.63, 3.8) is 0 Å². The van der Waals surface area contributed by atoms with Gasteiger partial charge in [-0.2, -0.15) is 0 Å². The van der Waals surface area contributed by atoms with Gasteiger partial charge in [0.15, 0.2) is 5.78 Å². The summed E-state index contributed by atoms with van der Waals surface area (Å²) in [4.78, 5) is 12.1. The molecule has 0 fully saturated rings. The van der Waals surface area contributed by atoms with Gasteiger partial charge in [-0.25, -0.2) is 0 Å². The molecule has 0 radical (unpaired) electrons. The fraction of sp³-hybridized carbons (Fsp3) is 0.533. The van der Waals surface area contributed by atoms with Crippen molar-refractivity contribution in [2.45, 2.75) is 46.6 Å². The van der Waals surface area contributed by atoms with Gasteiger partial charge < -0.3 is 4.74 Å². The molecule has 2 heteroatoms. The molecule has 1 aromatic rings. The number of ketones is 1. The van der Waals surface area contributed by atoms with Crippen LogP contribution in [0.25, 0.3) is 0 Å². The van der Waals surface area contributed by atoms with Gasteiger partial charge >= 0.3 is 0 Å². The summed E-state index contributed by atoms with van der Waals surface area (Å²) >= 11 is 0. The molecule has 0 aliphatic carbocycles. The predicted octanol–water partition coefficient (Wildman–Crippen LogP) is 3.63. The lowest BCUT2D eigenvalue weighted by molar-refractivity contribution is 0.0940. The number of carbonyl (C=O) groups excluding carboxylic acids is 1. The van der Waals surface area contributed by atoms with Gasteiger partial charge in [-0.3, -0.25) is 4.79 Å². The Bertz CT molecular complexity index is 441. The molecule has 92 valence electrons. The monoisotopic (exact) mass is 232 g/mol. The van der Waals surface area contributed by atoms with Gasteiger partial charge in [0, 0.05) is 18.4 Å². The highest BCUT2D eigenvalue weighted by Crippen LogP contribution is 2.30. The molecule has 2 rings (SSSR count). The molecule has 0 saturated heterocycles. The molecular formula is C15H20O2. The Morgan fingerprint density at radius 3 is 2.76 bits per heavy atom. The third-order valence-corrected chi connectivity index (χ3v) is 2.91. The number of Topliss-reactive ketones (excluding diaryl/α,β-unsaturated/α-hetero) is 1. The first-order chi connectivity index (χ1) is 7.85. The summed E-state index contributed by atoms with van der Waals surface area (Å²) in [6.07, 6.45) is 1.73. The Morgan fingerprint density at radius 2 is 2.12 bits per heavy atom. The average Bonchev–Trinajstić information content (AvgIpc) is 2.53. The largest absolute Gasteiger partial charge is 0.490 e. The van der Waals surface area contributed by atoms with Crippen LogP contribution in [0, 0.1) is 5.41 Å². The van der Waals surface area contributed by atoms with Crippen LogP contribution in [0.15, 0.2) is 18.2 Å². The molecule has 0 bridgehead atoms. The van der Waals surface area contributed by atoms with E-state index in [4.69, 9.17) is 4.74 Å². The van der Waals surface area contributed by atoms with E-state index < -0.39 is 0 Å².